The molecule has 2 aliphatic rings. The maximum Gasteiger partial charge on any atom is 0.223 e. The van der Waals surface area contributed by atoms with E-state index in [0.29, 0.717) is 18.5 Å². The summed E-state index contributed by atoms with van der Waals surface area (Å²) in [6.45, 7) is 8.23. The molecule has 0 bridgehead atoms. The number of piperidine rings is 1. The van der Waals surface area contributed by atoms with Crippen LogP contribution >= 0.6 is 0 Å². The van der Waals surface area contributed by atoms with Crippen molar-refractivity contribution in [2.75, 3.05) is 19.6 Å². The predicted molar refractivity (Wildman–Crippen MR) is 98.7 cm³/mol. The topological polar surface area (TPSA) is 23.6 Å². The molecular formula is C21H31FN2O. The lowest BCUT2D eigenvalue weighted by atomic mass is 9.84. The van der Waals surface area contributed by atoms with E-state index in [4.69, 9.17) is 0 Å². The molecule has 0 saturated carbocycles. The smallest absolute Gasteiger partial charge is 0.223 e. The van der Waals surface area contributed by atoms with Crippen molar-refractivity contribution in [1.82, 2.24) is 9.80 Å². The van der Waals surface area contributed by atoms with Crippen molar-refractivity contribution in [2.45, 2.75) is 64.5 Å². The number of likely N-dealkylation sites (tertiary alicyclic amines) is 2. The molecule has 0 radical (unpaired) electrons. The highest BCUT2D eigenvalue weighted by Crippen LogP contribution is 2.40. The molecule has 3 rings (SSSR count). The summed E-state index contributed by atoms with van der Waals surface area (Å²) in [5.74, 6) is 0.758. The van der Waals surface area contributed by atoms with Gasteiger partial charge in [-0.3, -0.25) is 4.79 Å². The first-order valence-electron chi connectivity index (χ1n) is 9.84. The Bertz CT molecular complexity index is 591. The van der Waals surface area contributed by atoms with Gasteiger partial charge in [0.25, 0.3) is 0 Å². The standard InChI is InChI=1S/C21H31FN2O/c1-3-17(4-2)15-23-13-11-21(12-14-23)10-9-20(25)24(21)16-18-7-5-6-8-19(18)22/h5-8,17H,3-4,9-16H2,1-2H3. The average molecular weight is 346 g/mol. The Balaban J connectivity index is 1.67. The zero-order chi connectivity index (χ0) is 17.9. The number of benzene rings is 1. The maximum atomic E-state index is 14.1. The number of amides is 1. The largest absolute Gasteiger partial charge is 0.332 e. The lowest BCUT2D eigenvalue weighted by Crippen LogP contribution is -2.53. The van der Waals surface area contributed by atoms with Crippen LogP contribution in [-0.4, -0.2) is 40.9 Å². The second kappa shape index (κ2) is 7.86. The average Bonchev–Trinajstić information content (AvgIpc) is 2.93. The third kappa shape index (κ3) is 3.89. The second-order valence-electron chi connectivity index (χ2n) is 7.78. The highest BCUT2D eigenvalue weighted by atomic mass is 19.1. The highest BCUT2D eigenvalue weighted by Gasteiger charge is 2.46. The lowest BCUT2D eigenvalue weighted by molar-refractivity contribution is -0.133. The van der Waals surface area contributed by atoms with E-state index in [0.717, 1.165) is 38.3 Å². The highest BCUT2D eigenvalue weighted by molar-refractivity contribution is 5.79. The third-order valence-corrected chi connectivity index (χ3v) is 6.42. The summed E-state index contributed by atoms with van der Waals surface area (Å²) in [7, 11) is 0. The van der Waals surface area contributed by atoms with Gasteiger partial charge in [-0.05, 0) is 31.2 Å². The van der Waals surface area contributed by atoms with Gasteiger partial charge < -0.3 is 9.80 Å². The summed E-state index contributed by atoms with van der Waals surface area (Å²) in [6.07, 6.45) is 6.05. The monoisotopic (exact) mass is 346 g/mol. The fourth-order valence-corrected chi connectivity index (χ4v) is 4.51. The van der Waals surface area contributed by atoms with Crippen LogP contribution in [0.4, 0.5) is 4.39 Å². The predicted octanol–water partition coefficient (Wildman–Crippen LogP) is 4.22. The summed E-state index contributed by atoms with van der Waals surface area (Å²) in [6, 6.07) is 6.85. The number of carbonyl (C=O) groups is 1. The molecule has 1 spiro atoms. The first-order chi connectivity index (χ1) is 12.1. The number of halogens is 1. The molecule has 25 heavy (non-hydrogen) atoms. The molecule has 138 valence electrons. The van der Waals surface area contributed by atoms with Crippen LogP contribution in [0.2, 0.25) is 0 Å². The molecule has 2 aliphatic heterocycles. The summed E-state index contributed by atoms with van der Waals surface area (Å²) >= 11 is 0. The first kappa shape index (κ1) is 18.4. The van der Waals surface area contributed by atoms with E-state index in [9.17, 15) is 9.18 Å². The molecular weight excluding hydrogens is 315 g/mol. The third-order valence-electron chi connectivity index (χ3n) is 6.42. The van der Waals surface area contributed by atoms with Crippen LogP contribution in [0.15, 0.2) is 24.3 Å². The fraction of sp³-hybridized carbons (Fsp3) is 0.667. The van der Waals surface area contributed by atoms with Gasteiger partial charge in [-0.1, -0.05) is 44.9 Å². The van der Waals surface area contributed by atoms with Gasteiger partial charge in [0.15, 0.2) is 0 Å². The second-order valence-corrected chi connectivity index (χ2v) is 7.78. The van der Waals surface area contributed by atoms with Crippen LogP contribution in [0.5, 0.6) is 0 Å². The Morgan fingerprint density at radius 1 is 1.12 bits per heavy atom. The molecule has 0 unspecified atom stereocenters. The normalized spacial score (nSPS) is 20.8. The van der Waals surface area contributed by atoms with E-state index >= 15 is 0 Å². The number of carbonyl (C=O) groups excluding carboxylic acids is 1. The van der Waals surface area contributed by atoms with Gasteiger partial charge in [-0.25, -0.2) is 4.39 Å². The van der Waals surface area contributed by atoms with Gasteiger partial charge in [0.05, 0.1) is 0 Å². The minimum atomic E-state index is -0.205. The molecule has 1 aromatic carbocycles. The van der Waals surface area contributed by atoms with Crippen molar-refractivity contribution < 1.29 is 9.18 Å². The molecule has 1 amide bonds. The molecule has 1 aromatic rings. The van der Waals surface area contributed by atoms with E-state index in [1.54, 1.807) is 12.1 Å². The van der Waals surface area contributed by atoms with Crippen molar-refractivity contribution in [3.8, 4) is 0 Å². The van der Waals surface area contributed by atoms with Gasteiger partial charge >= 0.3 is 0 Å². The number of hydrogen-bond donors (Lipinski definition) is 0. The molecule has 2 saturated heterocycles. The minimum Gasteiger partial charge on any atom is -0.332 e. The summed E-state index contributed by atoms with van der Waals surface area (Å²) in [4.78, 5) is 17.1. The van der Waals surface area contributed by atoms with Crippen LogP contribution < -0.4 is 0 Å². The minimum absolute atomic E-state index is 0.0518. The Morgan fingerprint density at radius 2 is 1.80 bits per heavy atom. The van der Waals surface area contributed by atoms with Crippen LogP contribution in [0.3, 0.4) is 0 Å². The zero-order valence-corrected chi connectivity index (χ0v) is 15.6. The molecule has 3 nitrogen and oxygen atoms in total. The summed E-state index contributed by atoms with van der Waals surface area (Å²) in [5.41, 5.74) is 0.584. The summed E-state index contributed by atoms with van der Waals surface area (Å²) < 4.78 is 14.1. The Hall–Kier alpha value is -1.42. The Labute approximate surface area is 151 Å². The molecule has 2 fully saturated rings. The number of nitrogens with zero attached hydrogens (tertiary/aromatic N) is 2. The van der Waals surface area contributed by atoms with Crippen LogP contribution in [0.25, 0.3) is 0 Å². The molecule has 4 heteroatoms. The van der Waals surface area contributed by atoms with Crippen LogP contribution in [-0.2, 0) is 11.3 Å². The van der Waals surface area contributed by atoms with E-state index in [1.807, 2.05) is 11.0 Å². The van der Waals surface area contributed by atoms with Crippen LogP contribution in [0.1, 0.15) is 57.9 Å². The van der Waals surface area contributed by atoms with Gasteiger partial charge in [-0.2, -0.15) is 0 Å². The van der Waals surface area contributed by atoms with Crippen molar-refractivity contribution in [3.05, 3.63) is 35.6 Å². The van der Waals surface area contributed by atoms with Crippen molar-refractivity contribution in [3.63, 3.8) is 0 Å². The van der Waals surface area contributed by atoms with E-state index in [2.05, 4.69) is 18.7 Å². The molecule has 2 heterocycles. The lowest BCUT2D eigenvalue weighted by Gasteiger charge is -2.45. The van der Waals surface area contributed by atoms with Gasteiger partial charge in [0.1, 0.15) is 5.82 Å². The molecule has 0 atom stereocenters. The molecule has 0 N–H and O–H groups in total. The summed E-state index contributed by atoms with van der Waals surface area (Å²) in [5, 5.41) is 0. The fourth-order valence-electron chi connectivity index (χ4n) is 4.51. The molecule has 0 aliphatic carbocycles. The van der Waals surface area contributed by atoms with Gasteiger partial charge in [0.2, 0.25) is 5.91 Å². The Morgan fingerprint density at radius 3 is 2.44 bits per heavy atom. The van der Waals surface area contributed by atoms with E-state index < -0.39 is 0 Å². The van der Waals surface area contributed by atoms with Crippen molar-refractivity contribution >= 4 is 5.91 Å². The van der Waals surface area contributed by atoms with E-state index in [-0.39, 0.29) is 17.3 Å². The van der Waals surface area contributed by atoms with Crippen molar-refractivity contribution in [1.29, 1.82) is 0 Å². The van der Waals surface area contributed by atoms with Gasteiger partial charge in [0, 0.05) is 43.7 Å². The quantitative estimate of drug-likeness (QED) is 0.770. The first-order valence-corrected chi connectivity index (χ1v) is 9.84. The SMILES string of the molecule is CCC(CC)CN1CCC2(CCC(=O)N2Cc2ccccc2F)CC1. The zero-order valence-electron chi connectivity index (χ0n) is 15.6. The van der Waals surface area contributed by atoms with E-state index in [1.165, 1.54) is 25.5 Å². The number of hydrogen-bond acceptors (Lipinski definition) is 2. The maximum absolute atomic E-state index is 14.1. The van der Waals surface area contributed by atoms with Gasteiger partial charge in [-0.15, -0.1) is 0 Å². The number of rotatable bonds is 6. The van der Waals surface area contributed by atoms with Crippen molar-refractivity contribution in [2.24, 2.45) is 5.92 Å². The Kier molecular flexibility index (Phi) is 5.78. The molecule has 0 aromatic heterocycles. The van der Waals surface area contributed by atoms with Crippen LogP contribution in [0, 0.1) is 11.7 Å².